The monoisotopic (exact) mass is 251 g/mol. The summed E-state index contributed by atoms with van der Waals surface area (Å²) in [5, 5.41) is 8.98. The van der Waals surface area contributed by atoms with E-state index in [0.717, 1.165) is 0 Å². The Kier molecular flexibility index (Phi) is 2.46. The van der Waals surface area contributed by atoms with Gasteiger partial charge in [0.25, 0.3) is 0 Å². The SMILES string of the molecule is Nc1nc(F)nc2c1ncn2C1C=CC(CO)O1. The molecule has 3 rings (SSSR count). The molecule has 0 saturated heterocycles. The molecule has 18 heavy (non-hydrogen) atoms. The second-order valence-corrected chi connectivity index (χ2v) is 3.83. The second kappa shape index (κ2) is 4.00. The molecule has 0 aromatic carbocycles. The van der Waals surface area contributed by atoms with Crippen molar-refractivity contribution in [3.8, 4) is 0 Å². The van der Waals surface area contributed by atoms with Gasteiger partial charge in [0.2, 0.25) is 0 Å². The van der Waals surface area contributed by atoms with Crippen LogP contribution in [-0.2, 0) is 4.74 Å². The normalized spacial score (nSPS) is 23.0. The van der Waals surface area contributed by atoms with E-state index in [9.17, 15) is 4.39 Å². The lowest BCUT2D eigenvalue weighted by molar-refractivity contribution is -0.00642. The molecule has 3 heterocycles. The third-order valence-electron chi connectivity index (χ3n) is 2.68. The second-order valence-electron chi connectivity index (χ2n) is 3.83. The zero-order chi connectivity index (χ0) is 12.7. The minimum Gasteiger partial charge on any atom is -0.393 e. The van der Waals surface area contributed by atoms with Crippen LogP contribution in [0.15, 0.2) is 18.5 Å². The number of halogens is 1. The molecule has 0 fully saturated rings. The van der Waals surface area contributed by atoms with E-state index in [2.05, 4.69) is 15.0 Å². The van der Waals surface area contributed by atoms with Crippen molar-refractivity contribution in [2.75, 3.05) is 12.3 Å². The van der Waals surface area contributed by atoms with E-state index in [0.29, 0.717) is 5.52 Å². The van der Waals surface area contributed by atoms with Gasteiger partial charge in [0.15, 0.2) is 23.2 Å². The molecule has 1 aliphatic heterocycles. The van der Waals surface area contributed by atoms with Crippen LogP contribution >= 0.6 is 0 Å². The van der Waals surface area contributed by atoms with E-state index in [4.69, 9.17) is 15.6 Å². The smallest absolute Gasteiger partial charge is 0.312 e. The van der Waals surface area contributed by atoms with E-state index in [1.807, 2.05) is 0 Å². The molecule has 2 atom stereocenters. The number of fused-ring (bicyclic) bond motifs is 1. The third kappa shape index (κ3) is 1.62. The molecule has 8 heteroatoms. The summed E-state index contributed by atoms with van der Waals surface area (Å²) in [6, 6.07) is 0. The van der Waals surface area contributed by atoms with Crippen molar-refractivity contribution in [1.29, 1.82) is 0 Å². The van der Waals surface area contributed by atoms with Crippen LogP contribution in [0.3, 0.4) is 0 Å². The molecule has 2 unspecified atom stereocenters. The topological polar surface area (TPSA) is 99.1 Å². The highest BCUT2D eigenvalue weighted by Crippen LogP contribution is 2.25. The number of nitrogen functional groups attached to an aromatic ring is 1. The van der Waals surface area contributed by atoms with Crippen molar-refractivity contribution in [2.24, 2.45) is 0 Å². The number of ether oxygens (including phenoxy) is 1. The maximum absolute atomic E-state index is 13.1. The highest BCUT2D eigenvalue weighted by molar-refractivity contribution is 5.81. The molecular formula is C10H10FN5O2. The number of aliphatic hydroxyl groups excluding tert-OH is 1. The number of imidazole rings is 1. The Hall–Kier alpha value is -2.06. The van der Waals surface area contributed by atoms with Crippen LogP contribution in [0.25, 0.3) is 11.2 Å². The number of nitrogens with zero attached hydrogens (tertiary/aromatic N) is 4. The lowest BCUT2D eigenvalue weighted by atomic mass is 10.4. The standard InChI is InChI=1S/C10H10FN5O2/c11-10-14-8(12)7-9(15-10)16(4-13-7)6-2-1-5(3-17)18-6/h1-2,4-6,17H,3H2,(H2,12,14,15). The summed E-state index contributed by atoms with van der Waals surface area (Å²) in [6.45, 7) is -0.120. The number of anilines is 1. The van der Waals surface area contributed by atoms with Crippen molar-refractivity contribution in [3.63, 3.8) is 0 Å². The van der Waals surface area contributed by atoms with Gasteiger partial charge in [-0.25, -0.2) is 4.98 Å². The molecule has 2 aromatic rings. The maximum atomic E-state index is 13.1. The van der Waals surface area contributed by atoms with Crippen molar-refractivity contribution >= 4 is 17.0 Å². The van der Waals surface area contributed by atoms with Gasteiger partial charge in [-0.1, -0.05) is 6.08 Å². The number of nitrogens with two attached hydrogens (primary N) is 1. The maximum Gasteiger partial charge on any atom is 0.312 e. The fourth-order valence-corrected chi connectivity index (χ4v) is 1.85. The molecule has 3 N–H and O–H groups in total. The Labute approximate surface area is 101 Å². The van der Waals surface area contributed by atoms with Crippen LogP contribution in [0.1, 0.15) is 6.23 Å². The quantitative estimate of drug-likeness (QED) is 0.575. The zero-order valence-corrected chi connectivity index (χ0v) is 9.19. The van der Waals surface area contributed by atoms with Gasteiger partial charge in [0, 0.05) is 0 Å². The minimum absolute atomic E-state index is 0.0167. The van der Waals surface area contributed by atoms with Gasteiger partial charge in [0.1, 0.15) is 6.10 Å². The van der Waals surface area contributed by atoms with Crippen molar-refractivity contribution in [2.45, 2.75) is 12.3 Å². The predicted molar refractivity (Wildman–Crippen MR) is 59.8 cm³/mol. The minimum atomic E-state index is -0.914. The van der Waals surface area contributed by atoms with Gasteiger partial charge in [0.05, 0.1) is 12.9 Å². The first kappa shape index (κ1) is 11.1. The molecule has 0 spiro atoms. The fraction of sp³-hybridized carbons (Fsp3) is 0.300. The first-order valence-electron chi connectivity index (χ1n) is 5.29. The zero-order valence-electron chi connectivity index (χ0n) is 9.19. The third-order valence-corrected chi connectivity index (χ3v) is 2.68. The van der Waals surface area contributed by atoms with Crippen LogP contribution in [0.4, 0.5) is 10.2 Å². The van der Waals surface area contributed by atoms with Crippen molar-refractivity contribution in [3.05, 3.63) is 24.6 Å². The first-order chi connectivity index (χ1) is 8.69. The van der Waals surface area contributed by atoms with Gasteiger partial charge >= 0.3 is 6.08 Å². The Morgan fingerprint density at radius 1 is 1.44 bits per heavy atom. The Balaban J connectivity index is 2.06. The molecule has 1 aliphatic rings. The number of hydrogen-bond acceptors (Lipinski definition) is 6. The van der Waals surface area contributed by atoms with Crippen LogP contribution < -0.4 is 5.73 Å². The molecule has 0 amide bonds. The first-order valence-corrected chi connectivity index (χ1v) is 5.29. The lowest BCUT2D eigenvalue weighted by Gasteiger charge is -2.13. The molecule has 7 nitrogen and oxygen atoms in total. The van der Waals surface area contributed by atoms with Gasteiger partial charge in [-0.15, -0.1) is 0 Å². The van der Waals surface area contributed by atoms with E-state index < -0.39 is 12.3 Å². The van der Waals surface area contributed by atoms with Crippen LogP contribution in [0, 0.1) is 6.08 Å². The van der Waals surface area contributed by atoms with E-state index in [1.165, 1.54) is 10.9 Å². The van der Waals surface area contributed by atoms with Crippen molar-refractivity contribution in [1.82, 2.24) is 19.5 Å². The van der Waals surface area contributed by atoms with E-state index >= 15 is 0 Å². The van der Waals surface area contributed by atoms with Gasteiger partial charge in [-0.3, -0.25) is 4.57 Å². The van der Waals surface area contributed by atoms with E-state index in [1.54, 1.807) is 12.2 Å². The van der Waals surface area contributed by atoms with Crippen molar-refractivity contribution < 1.29 is 14.2 Å². The number of aromatic nitrogens is 4. The Morgan fingerprint density at radius 3 is 3.00 bits per heavy atom. The molecule has 0 radical (unpaired) electrons. The number of hydrogen-bond donors (Lipinski definition) is 2. The fourth-order valence-electron chi connectivity index (χ4n) is 1.85. The summed E-state index contributed by atoms with van der Waals surface area (Å²) in [5.74, 6) is -0.0167. The molecule has 94 valence electrons. The number of rotatable bonds is 2. The average Bonchev–Trinajstić information content (AvgIpc) is 2.93. The largest absolute Gasteiger partial charge is 0.393 e. The highest BCUT2D eigenvalue weighted by Gasteiger charge is 2.23. The van der Waals surface area contributed by atoms with Gasteiger partial charge in [-0.2, -0.15) is 14.4 Å². The summed E-state index contributed by atoms with van der Waals surface area (Å²) >= 11 is 0. The number of aliphatic hydroxyl groups is 1. The Bertz CT molecular complexity index is 626. The molecule has 0 bridgehead atoms. The molecule has 2 aromatic heterocycles. The summed E-state index contributed by atoms with van der Waals surface area (Å²) in [4.78, 5) is 11.1. The molecular weight excluding hydrogens is 241 g/mol. The molecule has 0 aliphatic carbocycles. The summed E-state index contributed by atoms with van der Waals surface area (Å²) in [7, 11) is 0. The lowest BCUT2D eigenvalue weighted by Crippen LogP contribution is -2.15. The highest BCUT2D eigenvalue weighted by atomic mass is 19.1. The average molecular weight is 251 g/mol. The Morgan fingerprint density at radius 2 is 2.28 bits per heavy atom. The summed E-state index contributed by atoms with van der Waals surface area (Å²) < 4.78 is 20.2. The van der Waals surface area contributed by atoms with E-state index in [-0.39, 0.29) is 24.2 Å². The van der Waals surface area contributed by atoms with Crippen LogP contribution in [0.2, 0.25) is 0 Å². The van der Waals surface area contributed by atoms with Crippen LogP contribution in [0.5, 0.6) is 0 Å². The molecule has 0 saturated carbocycles. The van der Waals surface area contributed by atoms with Crippen LogP contribution in [-0.4, -0.2) is 37.3 Å². The summed E-state index contributed by atoms with van der Waals surface area (Å²) in [5.41, 5.74) is 6.13. The predicted octanol–water partition coefficient (Wildman–Crippen LogP) is -0.00650. The summed E-state index contributed by atoms with van der Waals surface area (Å²) in [6.07, 6.45) is 3.12. The van der Waals surface area contributed by atoms with Gasteiger partial charge < -0.3 is 15.6 Å². The van der Waals surface area contributed by atoms with Gasteiger partial charge in [-0.05, 0) is 6.08 Å².